The number of hydrogen-bond donors (Lipinski definition) is 0. The van der Waals surface area contributed by atoms with E-state index >= 15 is 0 Å². The predicted molar refractivity (Wildman–Crippen MR) is 37.1 cm³/mol. The molecule has 0 fully saturated rings. The Morgan fingerprint density at radius 2 is 1.88 bits per heavy atom. The van der Waals surface area contributed by atoms with E-state index < -0.39 is 8.76 Å². The molecule has 0 radical (unpaired) electrons. The summed E-state index contributed by atoms with van der Waals surface area (Å²) in [7, 11) is 0. The largest absolute Gasteiger partial charge is 0.442 e. The van der Waals surface area contributed by atoms with E-state index in [1.54, 1.807) is 22.6 Å². The van der Waals surface area contributed by atoms with Crippen molar-refractivity contribution >= 4 is 34.4 Å². The summed E-state index contributed by atoms with van der Waals surface area (Å²) in [6.07, 6.45) is 0. The Morgan fingerprint density at radius 1 is 1.50 bits per heavy atom. The summed E-state index contributed by atoms with van der Waals surface area (Å²) in [5, 5.41) is 0. The fourth-order valence-electron chi connectivity index (χ4n) is 0.184. The van der Waals surface area contributed by atoms with Crippen LogP contribution in [-0.2, 0) is 0 Å². The molecule has 0 aliphatic heterocycles. The average molecular weight is 256 g/mol. The van der Waals surface area contributed by atoms with Crippen LogP contribution in [0, 0.1) is 0 Å². The molecule has 0 nitrogen and oxygen atoms in total. The van der Waals surface area contributed by atoms with E-state index in [-0.39, 0.29) is 11.8 Å². The number of hydrogen-bond acceptors (Lipinski definition) is 1. The van der Waals surface area contributed by atoms with Crippen molar-refractivity contribution < 1.29 is 13.2 Å². The smallest absolute Gasteiger partial charge is 0.160 e. The zero-order valence-electron chi connectivity index (χ0n) is 4.00. The third-order valence-corrected chi connectivity index (χ3v) is 1.65. The molecule has 0 aromatic heterocycles. The Bertz CT molecular complexity index is 69.4. The first-order valence-electron chi connectivity index (χ1n) is 1.80. The fourth-order valence-corrected chi connectivity index (χ4v) is 1.42. The van der Waals surface area contributed by atoms with Gasteiger partial charge in [-0.1, -0.05) is 22.6 Å². The Morgan fingerprint density at radius 3 is 1.88 bits per heavy atom. The Balaban J connectivity index is 3.39. The first-order valence-corrected chi connectivity index (χ1v) is 3.93. The lowest BCUT2D eigenvalue weighted by Crippen LogP contribution is -2.02. The molecule has 0 spiro atoms. The highest BCUT2D eigenvalue weighted by molar-refractivity contribution is 14.1. The quantitative estimate of drug-likeness (QED) is 0.513. The normalized spacial score (nSPS) is 16.1. The zero-order valence-corrected chi connectivity index (χ0v) is 6.97. The van der Waals surface area contributed by atoms with Gasteiger partial charge in [-0.3, -0.25) is 0 Å². The molecule has 0 heterocycles. The van der Waals surface area contributed by atoms with Gasteiger partial charge in [0.1, 0.15) is 0 Å². The van der Waals surface area contributed by atoms with Crippen molar-refractivity contribution in [2.45, 2.75) is 15.7 Å². The maximum absolute atomic E-state index is 11.3. The molecule has 0 saturated carbocycles. The lowest BCUT2D eigenvalue weighted by molar-refractivity contribution is -0.0327. The van der Waals surface area contributed by atoms with Gasteiger partial charge >= 0.3 is 5.51 Å². The summed E-state index contributed by atoms with van der Waals surface area (Å²) in [6.45, 7) is 1.50. The number of thioether (sulfide) groups is 1. The molecule has 5 heteroatoms. The molecule has 0 aliphatic rings. The zero-order chi connectivity index (χ0) is 6.78. The topological polar surface area (TPSA) is 0 Å². The van der Waals surface area contributed by atoms with Crippen LogP contribution in [0.25, 0.3) is 0 Å². The van der Waals surface area contributed by atoms with Gasteiger partial charge in [0.15, 0.2) is 0 Å². The van der Waals surface area contributed by atoms with Crippen molar-refractivity contribution in [3.05, 3.63) is 0 Å². The summed E-state index contributed by atoms with van der Waals surface area (Å²) >= 11 is 1.71. The van der Waals surface area contributed by atoms with E-state index in [0.29, 0.717) is 0 Å². The van der Waals surface area contributed by atoms with Gasteiger partial charge in [-0.25, -0.2) is 0 Å². The molecule has 0 N–H and O–H groups in total. The highest BCUT2D eigenvalue weighted by atomic mass is 127. The minimum absolute atomic E-state index is 0.00176. The average Bonchev–Trinajstić information content (AvgIpc) is 1.21. The highest BCUT2D eigenvalue weighted by Crippen LogP contribution is 2.35. The van der Waals surface area contributed by atoms with E-state index in [2.05, 4.69) is 0 Å². The second kappa shape index (κ2) is 3.14. The molecule has 0 amide bonds. The van der Waals surface area contributed by atoms with Gasteiger partial charge in [-0.15, -0.1) is 0 Å². The van der Waals surface area contributed by atoms with Crippen LogP contribution in [0.5, 0.6) is 0 Å². The van der Waals surface area contributed by atoms with Gasteiger partial charge in [0.2, 0.25) is 0 Å². The minimum Gasteiger partial charge on any atom is -0.160 e. The summed E-state index contributed by atoms with van der Waals surface area (Å²) < 4.78 is 33.4. The van der Waals surface area contributed by atoms with Crippen LogP contribution >= 0.6 is 34.4 Å². The molecular formula is C3H4F3IS. The van der Waals surface area contributed by atoms with Crippen LogP contribution in [0.4, 0.5) is 13.2 Å². The standard InChI is InChI=1S/C3H4F3IS/c1-2(7)8-3(4,5)6/h2H,1H3. The molecule has 1 unspecified atom stereocenters. The third-order valence-electron chi connectivity index (χ3n) is 0.296. The van der Waals surface area contributed by atoms with Crippen LogP contribution < -0.4 is 0 Å². The van der Waals surface area contributed by atoms with Gasteiger partial charge in [0.25, 0.3) is 0 Å². The maximum atomic E-state index is 11.3. The lowest BCUT2D eigenvalue weighted by atomic mass is 11.0. The number of halogens is 4. The van der Waals surface area contributed by atoms with Crippen molar-refractivity contribution in [1.82, 2.24) is 0 Å². The van der Waals surface area contributed by atoms with E-state index in [1.165, 1.54) is 6.92 Å². The molecule has 0 bridgehead atoms. The minimum atomic E-state index is -4.07. The summed E-state index contributed by atoms with van der Waals surface area (Å²) in [4.78, 5) is 0. The summed E-state index contributed by atoms with van der Waals surface area (Å²) in [5.41, 5.74) is -4.07. The molecule has 8 heavy (non-hydrogen) atoms. The van der Waals surface area contributed by atoms with Gasteiger partial charge < -0.3 is 0 Å². The second-order valence-electron chi connectivity index (χ2n) is 1.11. The molecule has 0 aliphatic carbocycles. The summed E-state index contributed by atoms with van der Waals surface area (Å²) in [6, 6.07) is 0. The number of rotatable bonds is 1. The van der Waals surface area contributed by atoms with Crippen LogP contribution in [0.3, 0.4) is 0 Å². The van der Waals surface area contributed by atoms with Gasteiger partial charge in [0.05, 0.1) is 3.26 Å². The molecule has 50 valence electrons. The van der Waals surface area contributed by atoms with Crippen molar-refractivity contribution in [3.8, 4) is 0 Å². The Kier molecular flexibility index (Phi) is 3.49. The van der Waals surface area contributed by atoms with Crippen molar-refractivity contribution in [2.24, 2.45) is 0 Å². The monoisotopic (exact) mass is 256 g/mol. The van der Waals surface area contributed by atoms with Crippen LogP contribution in [0.1, 0.15) is 6.92 Å². The molecule has 0 aromatic rings. The Labute approximate surface area is 63.4 Å². The van der Waals surface area contributed by atoms with Crippen molar-refractivity contribution in [3.63, 3.8) is 0 Å². The molecule has 1 atom stereocenters. The maximum Gasteiger partial charge on any atom is 0.442 e. The second-order valence-corrected chi connectivity index (χ2v) is 5.23. The predicted octanol–water partition coefficient (Wildman–Crippen LogP) is 3.02. The molecule has 0 saturated heterocycles. The fraction of sp³-hybridized carbons (Fsp3) is 1.00. The molecule has 0 rings (SSSR count). The summed E-state index contributed by atoms with van der Waals surface area (Å²) in [5.74, 6) is 0. The number of alkyl halides is 4. The van der Waals surface area contributed by atoms with Crippen LogP contribution in [-0.4, -0.2) is 8.76 Å². The van der Waals surface area contributed by atoms with E-state index in [0.717, 1.165) is 0 Å². The lowest BCUT2D eigenvalue weighted by Gasteiger charge is -2.05. The van der Waals surface area contributed by atoms with Gasteiger partial charge in [-0.05, 0) is 18.7 Å². The van der Waals surface area contributed by atoms with Crippen LogP contribution in [0.15, 0.2) is 0 Å². The van der Waals surface area contributed by atoms with Gasteiger partial charge in [0, 0.05) is 0 Å². The van der Waals surface area contributed by atoms with Crippen LogP contribution in [0.2, 0.25) is 0 Å². The van der Waals surface area contributed by atoms with E-state index in [9.17, 15) is 13.2 Å². The molecular weight excluding hydrogens is 252 g/mol. The van der Waals surface area contributed by atoms with E-state index in [1.807, 2.05) is 0 Å². The highest BCUT2D eigenvalue weighted by Gasteiger charge is 2.29. The van der Waals surface area contributed by atoms with E-state index in [4.69, 9.17) is 0 Å². The van der Waals surface area contributed by atoms with Crippen molar-refractivity contribution in [1.29, 1.82) is 0 Å². The first-order chi connectivity index (χ1) is 3.42. The Hall–Kier alpha value is 0.870. The SMILES string of the molecule is CC(I)SC(F)(F)F. The third kappa shape index (κ3) is 6.87. The first kappa shape index (κ1) is 8.87. The van der Waals surface area contributed by atoms with Crippen molar-refractivity contribution in [2.75, 3.05) is 0 Å². The van der Waals surface area contributed by atoms with Gasteiger partial charge in [-0.2, -0.15) is 13.2 Å². The molecule has 0 aromatic carbocycles.